The smallest absolute Gasteiger partial charge is 0.410 e. The second-order valence-electron chi connectivity index (χ2n) is 16.3. The van der Waals surface area contributed by atoms with Crippen molar-refractivity contribution in [3.8, 4) is 0 Å². The van der Waals surface area contributed by atoms with Crippen molar-refractivity contribution < 1.29 is 41.9 Å². The molecule has 3 heterocycles. The van der Waals surface area contributed by atoms with Crippen LogP contribution < -0.4 is 15.4 Å². The Labute approximate surface area is 311 Å². The SMILES string of the molecule is CCCC1(S(=O)(=O)NC(=O)[C@@]23C[C@H]2/C=C\CCCCC[C@H](NC(=O)OC(C)(C)C)C(=O)N2C[C@H](OC(=O)N4Cc5ccccc5C4)C[C@H]2C(=O)N3)CC1. The van der Waals surface area contributed by atoms with Gasteiger partial charge in [0, 0.05) is 25.4 Å². The first-order valence-electron chi connectivity index (χ1n) is 18.9. The summed E-state index contributed by atoms with van der Waals surface area (Å²) in [7, 11) is -4.02. The molecule has 15 heteroatoms. The van der Waals surface area contributed by atoms with Crippen molar-refractivity contribution in [2.45, 2.75) is 145 Å². The molecule has 3 N–H and O–H groups in total. The number of hydrogen-bond donors (Lipinski definition) is 3. The maximum atomic E-state index is 14.4. The van der Waals surface area contributed by atoms with Gasteiger partial charge in [-0.1, -0.05) is 62.6 Å². The Balaban J connectivity index is 1.25. The lowest BCUT2D eigenvalue weighted by Crippen LogP contribution is -2.58. The van der Waals surface area contributed by atoms with Crippen molar-refractivity contribution in [3.63, 3.8) is 0 Å². The van der Waals surface area contributed by atoms with Crippen LogP contribution in [0, 0.1) is 5.92 Å². The topological polar surface area (TPSA) is 181 Å². The number of carbonyl (C=O) groups excluding carboxylic acids is 5. The van der Waals surface area contributed by atoms with E-state index in [2.05, 4.69) is 15.4 Å². The Bertz CT molecular complexity index is 1730. The summed E-state index contributed by atoms with van der Waals surface area (Å²) in [5, 5.41) is 5.57. The Kier molecular flexibility index (Phi) is 10.9. The van der Waals surface area contributed by atoms with Crippen molar-refractivity contribution in [2.24, 2.45) is 5.92 Å². The molecule has 1 aromatic rings. The molecular weight excluding hydrogens is 703 g/mol. The number of hydrogen-bond acceptors (Lipinski definition) is 9. The fourth-order valence-electron chi connectivity index (χ4n) is 7.86. The van der Waals surface area contributed by atoms with E-state index in [4.69, 9.17) is 9.47 Å². The predicted octanol–water partition coefficient (Wildman–Crippen LogP) is 4.18. The molecule has 0 radical (unpaired) electrons. The van der Waals surface area contributed by atoms with E-state index in [-0.39, 0.29) is 25.8 Å². The molecule has 6 rings (SSSR count). The first kappa shape index (κ1) is 38.6. The molecule has 2 aliphatic carbocycles. The molecule has 5 aliphatic rings. The maximum absolute atomic E-state index is 14.4. The summed E-state index contributed by atoms with van der Waals surface area (Å²) in [6, 6.07) is 5.49. The lowest BCUT2D eigenvalue weighted by molar-refractivity contribution is -0.141. The van der Waals surface area contributed by atoms with Gasteiger partial charge in [-0.3, -0.25) is 24.0 Å². The van der Waals surface area contributed by atoms with Gasteiger partial charge in [0.05, 0.1) is 11.3 Å². The van der Waals surface area contributed by atoms with E-state index in [1.54, 1.807) is 25.7 Å². The number of carbonyl (C=O) groups is 5. The van der Waals surface area contributed by atoms with Crippen LogP contribution in [0.2, 0.25) is 0 Å². The van der Waals surface area contributed by atoms with E-state index < -0.39 is 79.9 Å². The van der Waals surface area contributed by atoms with E-state index in [0.29, 0.717) is 51.6 Å². The summed E-state index contributed by atoms with van der Waals surface area (Å²) in [6.07, 6.45) is 6.81. The van der Waals surface area contributed by atoms with Gasteiger partial charge >= 0.3 is 12.2 Å². The highest BCUT2D eigenvalue weighted by Crippen LogP contribution is 2.49. The van der Waals surface area contributed by atoms with Gasteiger partial charge in [-0.25, -0.2) is 18.0 Å². The highest BCUT2D eigenvalue weighted by Gasteiger charge is 2.63. The van der Waals surface area contributed by atoms with Crippen LogP contribution in [0.5, 0.6) is 0 Å². The quantitative estimate of drug-likeness (QED) is 0.344. The lowest BCUT2D eigenvalue weighted by atomic mass is 10.0. The van der Waals surface area contributed by atoms with Gasteiger partial charge in [0.25, 0.3) is 5.91 Å². The molecule has 0 aromatic heterocycles. The standard InChI is InChI=1S/C38H53N5O9S/c1-5-17-37(18-19-37)53(49,50)41-33(46)38-21-27(38)15-9-7-6-8-10-16-29(39-34(47)52-36(2,3)4)32(45)43-24-28(20-30(43)31(44)40-38)51-35(48)42-22-25-13-11-12-14-26(25)23-42/h9,11-15,27-30H,5-8,10,16-24H2,1-4H3,(H,39,47)(H,40,44)(H,41,46)/b15-9-/t27-,28-,29+,30+,38-/m1/s1. The number of allylic oxidation sites excluding steroid dienone is 1. The van der Waals surface area contributed by atoms with Crippen molar-refractivity contribution in [3.05, 3.63) is 47.5 Å². The molecule has 1 saturated heterocycles. The minimum atomic E-state index is -4.02. The second-order valence-corrected chi connectivity index (χ2v) is 18.4. The van der Waals surface area contributed by atoms with E-state index in [0.717, 1.165) is 24.0 Å². The maximum Gasteiger partial charge on any atom is 0.410 e. The average Bonchev–Trinajstić information content (AvgIpc) is 3.91. The zero-order valence-corrected chi connectivity index (χ0v) is 32.0. The third kappa shape index (κ3) is 8.49. The van der Waals surface area contributed by atoms with Gasteiger partial charge < -0.3 is 25.0 Å². The highest BCUT2D eigenvalue weighted by molar-refractivity contribution is 7.91. The molecule has 3 fully saturated rings. The van der Waals surface area contributed by atoms with E-state index in [1.807, 2.05) is 43.3 Å². The molecule has 14 nitrogen and oxygen atoms in total. The number of amides is 5. The second kappa shape index (κ2) is 14.9. The highest BCUT2D eigenvalue weighted by atomic mass is 32.2. The number of rotatable bonds is 7. The lowest BCUT2D eigenvalue weighted by Gasteiger charge is -2.30. The zero-order chi connectivity index (χ0) is 38.2. The van der Waals surface area contributed by atoms with Crippen LogP contribution in [-0.2, 0) is 47.0 Å². The Morgan fingerprint density at radius 2 is 1.74 bits per heavy atom. The number of benzene rings is 1. The van der Waals surface area contributed by atoms with Crippen molar-refractivity contribution in [1.29, 1.82) is 0 Å². The van der Waals surface area contributed by atoms with Gasteiger partial charge in [-0.2, -0.15) is 0 Å². The largest absolute Gasteiger partial charge is 0.444 e. The van der Waals surface area contributed by atoms with Crippen LogP contribution in [0.3, 0.4) is 0 Å². The van der Waals surface area contributed by atoms with E-state index in [1.165, 1.54) is 4.90 Å². The van der Waals surface area contributed by atoms with Gasteiger partial charge in [0.1, 0.15) is 29.3 Å². The number of nitrogens with zero attached hydrogens (tertiary/aromatic N) is 2. The van der Waals surface area contributed by atoms with Crippen LogP contribution in [-0.4, -0.2) is 88.7 Å². The minimum absolute atomic E-state index is 0.0562. The third-order valence-electron chi connectivity index (χ3n) is 11.0. The number of sulfonamides is 1. The summed E-state index contributed by atoms with van der Waals surface area (Å²) in [4.78, 5) is 71.8. The molecule has 0 unspecified atom stereocenters. The van der Waals surface area contributed by atoms with Gasteiger partial charge in [0.2, 0.25) is 21.8 Å². The number of ether oxygens (including phenoxy) is 2. The molecule has 0 spiro atoms. The molecule has 1 aromatic carbocycles. The number of nitrogens with one attached hydrogen (secondary N) is 3. The van der Waals surface area contributed by atoms with Crippen LogP contribution in [0.1, 0.15) is 109 Å². The van der Waals surface area contributed by atoms with Gasteiger partial charge in [-0.15, -0.1) is 0 Å². The molecule has 53 heavy (non-hydrogen) atoms. The first-order valence-corrected chi connectivity index (χ1v) is 20.4. The first-order chi connectivity index (χ1) is 25.1. The summed E-state index contributed by atoms with van der Waals surface area (Å²) in [5.41, 5.74) is -0.338. The molecule has 290 valence electrons. The summed E-state index contributed by atoms with van der Waals surface area (Å²) < 4.78 is 39.6. The number of fused-ring (bicyclic) bond motifs is 3. The fourth-order valence-corrected chi connectivity index (χ4v) is 9.62. The summed E-state index contributed by atoms with van der Waals surface area (Å²) >= 11 is 0. The Morgan fingerprint density at radius 1 is 1.04 bits per heavy atom. The minimum Gasteiger partial charge on any atom is -0.444 e. The molecule has 0 bridgehead atoms. The zero-order valence-electron chi connectivity index (χ0n) is 31.1. The third-order valence-corrected chi connectivity index (χ3v) is 13.2. The molecule has 5 atom stereocenters. The Morgan fingerprint density at radius 3 is 2.38 bits per heavy atom. The average molecular weight is 756 g/mol. The molecule has 3 aliphatic heterocycles. The van der Waals surface area contributed by atoms with Crippen molar-refractivity contribution >= 4 is 39.9 Å². The van der Waals surface area contributed by atoms with Crippen LogP contribution in [0.25, 0.3) is 0 Å². The van der Waals surface area contributed by atoms with Crippen LogP contribution >= 0.6 is 0 Å². The van der Waals surface area contributed by atoms with Crippen LogP contribution in [0.4, 0.5) is 9.59 Å². The van der Waals surface area contributed by atoms with Crippen molar-refractivity contribution in [1.82, 2.24) is 25.2 Å². The monoisotopic (exact) mass is 755 g/mol. The van der Waals surface area contributed by atoms with Crippen LogP contribution in [0.15, 0.2) is 36.4 Å². The van der Waals surface area contributed by atoms with Gasteiger partial charge in [0.15, 0.2) is 0 Å². The molecular formula is C38H53N5O9S. The Hall–Kier alpha value is -4.14. The van der Waals surface area contributed by atoms with Crippen molar-refractivity contribution in [2.75, 3.05) is 6.54 Å². The van der Waals surface area contributed by atoms with E-state index >= 15 is 0 Å². The van der Waals surface area contributed by atoms with E-state index in [9.17, 15) is 32.4 Å². The molecule has 2 saturated carbocycles. The summed E-state index contributed by atoms with van der Waals surface area (Å²) in [6.45, 7) is 7.66. The normalized spacial score (nSPS) is 28.9. The van der Waals surface area contributed by atoms with Gasteiger partial charge in [-0.05, 0) is 76.8 Å². The predicted molar refractivity (Wildman–Crippen MR) is 194 cm³/mol. The fraction of sp³-hybridized carbons (Fsp3) is 0.658. The summed E-state index contributed by atoms with van der Waals surface area (Å²) in [5.74, 6) is -2.47. The molecule has 5 amide bonds. The number of alkyl carbamates (subject to hydrolysis) is 1.